The molecule has 1 aromatic carbocycles. The number of hydrogen-bond acceptors (Lipinski definition) is 3. The van der Waals surface area contributed by atoms with Crippen molar-refractivity contribution in [3.63, 3.8) is 0 Å². The summed E-state index contributed by atoms with van der Waals surface area (Å²) in [6, 6.07) is 7.32. The summed E-state index contributed by atoms with van der Waals surface area (Å²) in [4.78, 5) is 0. The minimum atomic E-state index is 0.585. The Kier molecular flexibility index (Phi) is 6.71. The fourth-order valence-electron chi connectivity index (χ4n) is 1.74. The molecule has 0 saturated heterocycles. The number of ether oxygens (including phenoxy) is 2. The average molecular weight is 247 g/mol. The predicted octanol–water partition coefficient (Wildman–Crippen LogP) is 3.92. The van der Waals surface area contributed by atoms with E-state index in [0.29, 0.717) is 23.7 Å². The first-order chi connectivity index (χ1) is 8.81. The van der Waals surface area contributed by atoms with Gasteiger partial charge in [0, 0.05) is 6.07 Å². The van der Waals surface area contributed by atoms with Gasteiger partial charge >= 0.3 is 0 Å². The molecule has 0 N–H and O–H groups in total. The Morgan fingerprint density at radius 1 is 1.11 bits per heavy atom. The van der Waals surface area contributed by atoms with Gasteiger partial charge in [-0.1, -0.05) is 32.6 Å². The van der Waals surface area contributed by atoms with E-state index in [2.05, 4.69) is 13.0 Å². The lowest BCUT2D eigenvalue weighted by Crippen LogP contribution is -1.99. The molecule has 0 fully saturated rings. The highest BCUT2D eigenvalue weighted by atomic mass is 16.5. The van der Waals surface area contributed by atoms with Crippen LogP contribution in [-0.2, 0) is 0 Å². The number of unbranched alkanes of at least 4 members (excludes halogenated alkanes) is 4. The quantitative estimate of drug-likeness (QED) is 0.654. The van der Waals surface area contributed by atoms with Gasteiger partial charge in [0.25, 0.3) is 0 Å². The third kappa shape index (κ3) is 4.67. The second-order valence-corrected chi connectivity index (χ2v) is 4.24. The van der Waals surface area contributed by atoms with Gasteiger partial charge in [0.2, 0.25) is 0 Å². The Bertz CT molecular complexity index is 396. The first-order valence-corrected chi connectivity index (χ1v) is 6.52. The first kappa shape index (κ1) is 14.4. The number of nitrogens with zero attached hydrogens (tertiary/aromatic N) is 1. The summed E-state index contributed by atoms with van der Waals surface area (Å²) in [5, 5.41) is 8.80. The summed E-state index contributed by atoms with van der Waals surface area (Å²) < 4.78 is 10.9. The molecule has 98 valence electrons. The van der Waals surface area contributed by atoms with Crippen molar-refractivity contribution >= 4 is 0 Å². The average Bonchev–Trinajstić information content (AvgIpc) is 2.42. The molecule has 3 heteroatoms. The van der Waals surface area contributed by atoms with Crippen LogP contribution < -0.4 is 9.47 Å². The standard InChI is InChI=1S/C15H21NO2/c1-3-4-5-6-7-10-18-14-9-8-13(12-16)11-15(14)17-2/h8-9,11H,3-7,10H2,1-2H3. The van der Waals surface area contributed by atoms with E-state index in [4.69, 9.17) is 14.7 Å². The van der Waals surface area contributed by atoms with Crippen molar-refractivity contribution in [1.82, 2.24) is 0 Å². The van der Waals surface area contributed by atoms with Crippen LogP contribution in [0.5, 0.6) is 11.5 Å². The largest absolute Gasteiger partial charge is 0.493 e. The van der Waals surface area contributed by atoms with E-state index in [9.17, 15) is 0 Å². The second-order valence-electron chi connectivity index (χ2n) is 4.24. The van der Waals surface area contributed by atoms with Crippen molar-refractivity contribution in [1.29, 1.82) is 5.26 Å². The number of methoxy groups -OCH3 is 1. The van der Waals surface area contributed by atoms with E-state index in [1.165, 1.54) is 25.7 Å². The number of nitriles is 1. The van der Waals surface area contributed by atoms with Crippen molar-refractivity contribution in [2.24, 2.45) is 0 Å². The maximum absolute atomic E-state index is 8.80. The lowest BCUT2D eigenvalue weighted by Gasteiger charge is -2.10. The molecule has 1 rings (SSSR count). The van der Waals surface area contributed by atoms with Gasteiger partial charge in [0.15, 0.2) is 11.5 Å². The molecule has 0 saturated carbocycles. The highest BCUT2D eigenvalue weighted by molar-refractivity contribution is 5.46. The smallest absolute Gasteiger partial charge is 0.162 e. The van der Waals surface area contributed by atoms with Gasteiger partial charge in [-0.3, -0.25) is 0 Å². The Labute approximate surface area is 109 Å². The van der Waals surface area contributed by atoms with Crippen LogP contribution in [-0.4, -0.2) is 13.7 Å². The molecule has 0 aromatic heterocycles. The summed E-state index contributed by atoms with van der Waals surface area (Å²) in [5.74, 6) is 1.34. The van der Waals surface area contributed by atoms with Crippen molar-refractivity contribution in [2.45, 2.75) is 39.0 Å². The number of hydrogen-bond donors (Lipinski definition) is 0. The summed E-state index contributed by atoms with van der Waals surface area (Å²) in [5.41, 5.74) is 0.585. The molecule has 0 aliphatic rings. The molecule has 0 bridgehead atoms. The molecule has 0 radical (unpaired) electrons. The second kappa shape index (κ2) is 8.41. The summed E-state index contributed by atoms with van der Waals surface area (Å²) in [6.45, 7) is 2.91. The summed E-state index contributed by atoms with van der Waals surface area (Å²) in [7, 11) is 1.59. The maximum Gasteiger partial charge on any atom is 0.162 e. The van der Waals surface area contributed by atoms with Gasteiger partial charge in [0.05, 0.1) is 25.3 Å². The molecule has 0 heterocycles. The maximum atomic E-state index is 8.80. The topological polar surface area (TPSA) is 42.2 Å². The molecule has 0 aliphatic carbocycles. The van der Waals surface area contributed by atoms with Crippen LogP contribution in [0, 0.1) is 11.3 Å². The minimum absolute atomic E-state index is 0.585. The molecule has 0 spiro atoms. The number of rotatable bonds is 8. The molecule has 18 heavy (non-hydrogen) atoms. The molecule has 3 nitrogen and oxygen atoms in total. The van der Waals surface area contributed by atoms with Crippen LogP contribution in [0.1, 0.15) is 44.6 Å². The van der Waals surface area contributed by atoms with Gasteiger partial charge < -0.3 is 9.47 Å². The molecule has 0 amide bonds. The molecule has 1 aromatic rings. The van der Waals surface area contributed by atoms with Crippen LogP contribution in [0.25, 0.3) is 0 Å². The SMILES string of the molecule is CCCCCCCOc1ccc(C#N)cc1OC. The van der Waals surface area contributed by atoms with Gasteiger partial charge in [-0.05, 0) is 18.6 Å². The molecule has 0 atom stereocenters. The van der Waals surface area contributed by atoms with Gasteiger partial charge in [0.1, 0.15) is 0 Å². The summed E-state index contributed by atoms with van der Waals surface area (Å²) >= 11 is 0. The van der Waals surface area contributed by atoms with E-state index in [1.54, 1.807) is 25.3 Å². The zero-order valence-corrected chi connectivity index (χ0v) is 11.2. The van der Waals surface area contributed by atoms with Crippen LogP contribution in [0.2, 0.25) is 0 Å². The lowest BCUT2D eigenvalue weighted by molar-refractivity contribution is 0.285. The Morgan fingerprint density at radius 3 is 2.56 bits per heavy atom. The van der Waals surface area contributed by atoms with Crippen LogP contribution in [0.15, 0.2) is 18.2 Å². The van der Waals surface area contributed by atoms with E-state index < -0.39 is 0 Å². The van der Waals surface area contributed by atoms with Crippen molar-refractivity contribution in [2.75, 3.05) is 13.7 Å². The van der Waals surface area contributed by atoms with E-state index >= 15 is 0 Å². The van der Waals surface area contributed by atoms with E-state index in [0.717, 1.165) is 6.42 Å². The Morgan fingerprint density at radius 2 is 1.89 bits per heavy atom. The zero-order valence-electron chi connectivity index (χ0n) is 11.2. The minimum Gasteiger partial charge on any atom is -0.493 e. The van der Waals surface area contributed by atoms with Crippen molar-refractivity contribution in [3.05, 3.63) is 23.8 Å². The van der Waals surface area contributed by atoms with Gasteiger partial charge in [-0.2, -0.15) is 5.26 Å². The summed E-state index contributed by atoms with van der Waals surface area (Å²) in [6.07, 6.45) is 6.07. The highest BCUT2D eigenvalue weighted by Crippen LogP contribution is 2.27. The number of benzene rings is 1. The predicted molar refractivity (Wildman–Crippen MR) is 72.0 cm³/mol. The van der Waals surface area contributed by atoms with Crippen LogP contribution >= 0.6 is 0 Å². The van der Waals surface area contributed by atoms with Crippen molar-refractivity contribution < 1.29 is 9.47 Å². The fraction of sp³-hybridized carbons (Fsp3) is 0.533. The highest BCUT2D eigenvalue weighted by Gasteiger charge is 2.05. The third-order valence-electron chi connectivity index (χ3n) is 2.80. The molecule has 0 aliphatic heterocycles. The Hall–Kier alpha value is -1.69. The van der Waals surface area contributed by atoms with Gasteiger partial charge in [-0.25, -0.2) is 0 Å². The fourth-order valence-corrected chi connectivity index (χ4v) is 1.74. The van der Waals surface area contributed by atoms with Gasteiger partial charge in [-0.15, -0.1) is 0 Å². The van der Waals surface area contributed by atoms with Crippen LogP contribution in [0.4, 0.5) is 0 Å². The molecule has 0 unspecified atom stereocenters. The zero-order chi connectivity index (χ0) is 13.2. The first-order valence-electron chi connectivity index (χ1n) is 6.52. The van der Waals surface area contributed by atoms with E-state index in [-0.39, 0.29) is 0 Å². The van der Waals surface area contributed by atoms with Crippen molar-refractivity contribution in [3.8, 4) is 17.6 Å². The normalized spacial score (nSPS) is 9.83. The lowest BCUT2D eigenvalue weighted by atomic mass is 10.2. The monoisotopic (exact) mass is 247 g/mol. The van der Waals surface area contributed by atoms with Crippen LogP contribution in [0.3, 0.4) is 0 Å². The molecular formula is C15H21NO2. The Balaban J connectivity index is 2.40. The van der Waals surface area contributed by atoms with E-state index in [1.807, 2.05) is 0 Å². The third-order valence-corrected chi connectivity index (χ3v) is 2.80. The molecular weight excluding hydrogens is 226 g/mol.